The summed E-state index contributed by atoms with van der Waals surface area (Å²) in [5, 5.41) is 6.43. The molecule has 0 unspecified atom stereocenters. The minimum Gasteiger partial charge on any atom is -0.497 e. The predicted octanol–water partition coefficient (Wildman–Crippen LogP) is 4.90. The van der Waals surface area contributed by atoms with Gasteiger partial charge < -0.3 is 15.4 Å². The second-order valence-electron chi connectivity index (χ2n) is 8.91. The number of amides is 1. The topological polar surface area (TPSA) is 87.7 Å². The second kappa shape index (κ2) is 11.9. The molecule has 0 bridgehead atoms. The molecule has 0 radical (unpaired) electrons. The van der Waals surface area contributed by atoms with Gasteiger partial charge in [0.05, 0.1) is 13.7 Å². The highest BCUT2D eigenvalue weighted by molar-refractivity contribution is 7.91. The van der Waals surface area contributed by atoms with Crippen molar-refractivity contribution in [3.63, 3.8) is 0 Å². The molecule has 0 atom stereocenters. The van der Waals surface area contributed by atoms with Crippen molar-refractivity contribution in [1.29, 1.82) is 0 Å². The largest absolute Gasteiger partial charge is 0.497 e. The van der Waals surface area contributed by atoms with Crippen LogP contribution in [0.15, 0.2) is 64.9 Å². The molecule has 1 amide bonds. The van der Waals surface area contributed by atoms with Gasteiger partial charge in [0.25, 0.3) is 15.9 Å². The van der Waals surface area contributed by atoms with Crippen LogP contribution in [0.1, 0.15) is 47.0 Å². The first-order chi connectivity index (χ1) is 17.4. The molecule has 2 N–H and O–H groups in total. The van der Waals surface area contributed by atoms with Crippen LogP contribution in [0.5, 0.6) is 5.75 Å². The standard InChI is InChI=1S/C27H33N3O4S2/c1-3-6-20-7-4-9-23(17-20)29-22-13-15-30(16-14-22)36(32,33)26-12-11-25(35-26)19-28-27(31)21-8-5-10-24(18-21)34-2/h4-5,7-12,17-18,22,29H,3,6,13-16,19H2,1-2H3,(H,28,31). The summed E-state index contributed by atoms with van der Waals surface area (Å²) in [5.41, 5.74) is 2.91. The van der Waals surface area contributed by atoms with E-state index in [1.54, 1.807) is 47.8 Å². The number of anilines is 1. The SMILES string of the molecule is CCCc1cccc(NC2CCN(S(=O)(=O)c3ccc(CNC(=O)c4cccc(OC)c4)s3)CC2)c1. The summed E-state index contributed by atoms with van der Waals surface area (Å²) >= 11 is 1.20. The zero-order valence-corrected chi connectivity index (χ0v) is 22.3. The van der Waals surface area contributed by atoms with E-state index in [0.717, 1.165) is 36.2 Å². The van der Waals surface area contributed by atoms with Crippen molar-refractivity contribution in [2.24, 2.45) is 0 Å². The Morgan fingerprint density at radius 3 is 2.61 bits per heavy atom. The summed E-state index contributed by atoms with van der Waals surface area (Å²) in [5.74, 6) is 0.373. The quantitative estimate of drug-likeness (QED) is 0.391. The molecule has 3 aromatic rings. The van der Waals surface area contributed by atoms with E-state index in [1.165, 1.54) is 16.9 Å². The number of hydrogen-bond acceptors (Lipinski definition) is 6. The fourth-order valence-electron chi connectivity index (χ4n) is 4.33. The van der Waals surface area contributed by atoms with E-state index < -0.39 is 10.0 Å². The molecule has 2 heterocycles. The monoisotopic (exact) mass is 527 g/mol. The number of aryl methyl sites for hydroxylation is 1. The minimum atomic E-state index is -3.56. The lowest BCUT2D eigenvalue weighted by Gasteiger charge is -2.31. The third kappa shape index (κ3) is 6.46. The van der Waals surface area contributed by atoms with Gasteiger partial charge in [0.1, 0.15) is 9.96 Å². The van der Waals surface area contributed by atoms with E-state index in [2.05, 4.69) is 41.8 Å². The molecule has 0 spiro atoms. The van der Waals surface area contributed by atoms with Crippen molar-refractivity contribution >= 4 is 33.0 Å². The zero-order chi connectivity index (χ0) is 25.5. The number of methoxy groups -OCH3 is 1. The van der Waals surface area contributed by atoms with E-state index in [4.69, 9.17) is 4.74 Å². The minimum absolute atomic E-state index is 0.235. The zero-order valence-electron chi connectivity index (χ0n) is 20.7. The number of hydrogen-bond donors (Lipinski definition) is 2. The van der Waals surface area contributed by atoms with Gasteiger partial charge in [-0.2, -0.15) is 4.31 Å². The third-order valence-corrected chi connectivity index (χ3v) is 9.73. The van der Waals surface area contributed by atoms with E-state index >= 15 is 0 Å². The van der Waals surface area contributed by atoms with Crippen molar-refractivity contribution in [3.05, 3.63) is 76.7 Å². The van der Waals surface area contributed by atoms with Crippen molar-refractivity contribution in [2.45, 2.75) is 49.4 Å². The number of benzene rings is 2. The predicted molar refractivity (Wildman–Crippen MR) is 144 cm³/mol. The van der Waals surface area contributed by atoms with Crippen LogP contribution < -0.4 is 15.4 Å². The summed E-state index contributed by atoms with van der Waals surface area (Å²) in [6.45, 7) is 3.40. The van der Waals surface area contributed by atoms with Crippen LogP contribution in [-0.4, -0.2) is 44.9 Å². The maximum Gasteiger partial charge on any atom is 0.252 e. The van der Waals surface area contributed by atoms with Crippen LogP contribution >= 0.6 is 11.3 Å². The fraction of sp³-hybridized carbons (Fsp3) is 0.370. The molecule has 0 saturated carbocycles. The summed E-state index contributed by atoms with van der Waals surface area (Å²) in [4.78, 5) is 13.2. The molecule has 1 saturated heterocycles. The van der Waals surface area contributed by atoms with Crippen molar-refractivity contribution in [3.8, 4) is 5.75 Å². The number of carbonyl (C=O) groups is 1. The van der Waals surface area contributed by atoms with Gasteiger partial charge >= 0.3 is 0 Å². The smallest absolute Gasteiger partial charge is 0.252 e. The molecule has 9 heteroatoms. The lowest BCUT2D eigenvalue weighted by molar-refractivity contribution is 0.0951. The number of rotatable bonds is 10. The highest BCUT2D eigenvalue weighted by Gasteiger charge is 2.30. The first kappa shape index (κ1) is 26.2. The van der Waals surface area contributed by atoms with Crippen LogP contribution in [-0.2, 0) is 23.0 Å². The summed E-state index contributed by atoms with van der Waals surface area (Å²) in [6, 6.07) is 19.0. The lowest BCUT2D eigenvalue weighted by Crippen LogP contribution is -2.42. The van der Waals surface area contributed by atoms with Crippen molar-refractivity contribution in [2.75, 3.05) is 25.5 Å². The van der Waals surface area contributed by atoms with Gasteiger partial charge in [-0.05, 0) is 67.3 Å². The first-order valence-electron chi connectivity index (χ1n) is 12.3. The molecule has 192 valence electrons. The van der Waals surface area contributed by atoms with Gasteiger partial charge in [-0.25, -0.2) is 8.42 Å². The normalized spacial score (nSPS) is 14.9. The fourth-order valence-corrected chi connectivity index (χ4v) is 7.25. The Balaban J connectivity index is 1.31. The number of nitrogens with zero attached hydrogens (tertiary/aromatic N) is 1. The maximum atomic E-state index is 13.2. The van der Waals surface area contributed by atoms with Crippen LogP contribution in [0.2, 0.25) is 0 Å². The Bertz CT molecular complexity index is 1280. The Hall–Kier alpha value is -2.88. The van der Waals surface area contributed by atoms with Gasteiger partial charge in [0.15, 0.2) is 0 Å². The van der Waals surface area contributed by atoms with Crippen molar-refractivity contribution < 1.29 is 17.9 Å². The molecule has 0 aliphatic carbocycles. The average Bonchev–Trinajstić information content (AvgIpc) is 3.38. The molecule has 1 aliphatic rings. The van der Waals surface area contributed by atoms with Crippen LogP contribution in [0, 0.1) is 0 Å². The molecule has 1 fully saturated rings. The highest BCUT2D eigenvalue weighted by atomic mass is 32.2. The molecular weight excluding hydrogens is 494 g/mol. The number of thiophene rings is 1. The van der Waals surface area contributed by atoms with Gasteiger partial charge in [0, 0.05) is 35.3 Å². The first-order valence-corrected chi connectivity index (χ1v) is 14.5. The Morgan fingerprint density at radius 1 is 1.08 bits per heavy atom. The van der Waals surface area contributed by atoms with E-state index in [9.17, 15) is 13.2 Å². The van der Waals surface area contributed by atoms with E-state index in [0.29, 0.717) is 28.6 Å². The van der Waals surface area contributed by atoms with Crippen LogP contribution in [0.4, 0.5) is 5.69 Å². The van der Waals surface area contributed by atoms with Crippen LogP contribution in [0.25, 0.3) is 0 Å². The molecule has 36 heavy (non-hydrogen) atoms. The van der Waals surface area contributed by atoms with Gasteiger partial charge in [-0.15, -0.1) is 11.3 Å². The summed E-state index contributed by atoms with van der Waals surface area (Å²) in [6.07, 6.45) is 3.68. The molecule has 4 rings (SSSR count). The van der Waals surface area contributed by atoms with Crippen LogP contribution in [0.3, 0.4) is 0 Å². The van der Waals surface area contributed by atoms with E-state index in [-0.39, 0.29) is 18.5 Å². The Morgan fingerprint density at radius 2 is 1.86 bits per heavy atom. The molecular formula is C27H33N3O4S2. The Labute approximate surface area is 217 Å². The molecule has 1 aliphatic heterocycles. The average molecular weight is 528 g/mol. The second-order valence-corrected chi connectivity index (χ2v) is 12.2. The Kier molecular flexibility index (Phi) is 8.66. The number of ether oxygens (including phenoxy) is 1. The number of sulfonamides is 1. The maximum absolute atomic E-state index is 13.2. The molecule has 7 nitrogen and oxygen atoms in total. The highest BCUT2D eigenvalue weighted by Crippen LogP contribution is 2.28. The number of nitrogens with one attached hydrogen (secondary N) is 2. The van der Waals surface area contributed by atoms with Gasteiger partial charge in [0.2, 0.25) is 0 Å². The van der Waals surface area contributed by atoms with Gasteiger partial charge in [-0.1, -0.05) is 31.5 Å². The molecule has 2 aromatic carbocycles. The molecule has 1 aromatic heterocycles. The summed E-state index contributed by atoms with van der Waals surface area (Å²) < 4.78 is 33.5. The summed E-state index contributed by atoms with van der Waals surface area (Å²) in [7, 11) is -2.00. The number of piperidine rings is 1. The van der Waals surface area contributed by atoms with E-state index in [1.807, 2.05) is 0 Å². The van der Waals surface area contributed by atoms with Gasteiger partial charge in [-0.3, -0.25) is 4.79 Å². The lowest BCUT2D eigenvalue weighted by atomic mass is 10.1. The number of carbonyl (C=O) groups excluding carboxylic acids is 1. The van der Waals surface area contributed by atoms with Crippen molar-refractivity contribution in [1.82, 2.24) is 9.62 Å². The third-order valence-electron chi connectivity index (χ3n) is 6.28.